The van der Waals surface area contributed by atoms with E-state index in [2.05, 4.69) is 38.6 Å². The van der Waals surface area contributed by atoms with Gasteiger partial charge in [-0.3, -0.25) is 4.79 Å². The Morgan fingerprint density at radius 1 is 1.52 bits per heavy atom. The van der Waals surface area contributed by atoms with Crippen molar-refractivity contribution in [3.8, 4) is 5.69 Å². The number of anilines is 1. The standard InChI is InChI=1S/C14H14BrClN4O/c1-2-3-17-13-9-4-10(16)12(5-11(9)19-14(13)21)20-7-8(15)6-18-20/h4-7,13,17H,2-3H2,1H3,(H,19,21). The number of nitrogens with zero attached hydrogens (tertiary/aromatic N) is 2. The monoisotopic (exact) mass is 368 g/mol. The molecule has 0 spiro atoms. The van der Waals surface area contributed by atoms with Gasteiger partial charge in [0.05, 0.1) is 21.4 Å². The van der Waals surface area contributed by atoms with E-state index in [-0.39, 0.29) is 11.9 Å². The van der Waals surface area contributed by atoms with Crippen molar-refractivity contribution < 1.29 is 4.79 Å². The van der Waals surface area contributed by atoms with Gasteiger partial charge in [0.15, 0.2) is 0 Å². The molecule has 1 aromatic carbocycles. The molecule has 0 bridgehead atoms. The lowest BCUT2D eigenvalue weighted by Crippen LogP contribution is -2.28. The first-order valence-electron chi connectivity index (χ1n) is 6.68. The van der Waals surface area contributed by atoms with Crippen LogP contribution >= 0.6 is 27.5 Å². The van der Waals surface area contributed by atoms with Crippen molar-refractivity contribution in [1.29, 1.82) is 0 Å². The van der Waals surface area contributed by atoms with Gasteiger partial charge in [-0.1, -0.05) is 18.5 Å². The lowest BCUT2D eigenvalue weighted by Gasteiger charge is -2.12. The molecule has 21 heavy (non-hydrogen) atoms. The summed E-state index contributed by atoms with van der Waals surface area (Å²) in [4.78, 5) is 12.1. The predicted molar refractivity (Wildman–Crippen MR) is 85.9 cm³/mol. The molecule has 1 amide bonds. The molecule has 2 heterocycles. The first-order chi connectivity index (χ1) is 10.1. The molecule has 0 radical (unpaired) electrons. The van der Waals surface area contributed by atoms with E-state index in [9.17, 15) is 4.79 Å². The summed E-state index contributed by atoms with van der Waals surface area (Å²) in [5, 5.41) is 10.9. The largest absolute Gasteiger partial charge is 0.324 e. The van der Waals surface area contributed by atoms with Crippen molar-refractivity contribution in [3.63, 3.8) is 0 Å². The summed E-state index contributed by atoms with van der Waals surface area (Å²) in [6, 6.07) is 3.34. The minimum absolute atomic E-state index is 0.0479. The van der Waals surface area contributed by atoms with Crippen molar-refractivity contribution in [2.45, 2.75) is 19.4 Å². The highest BCUT2D eigenvalue weighted by Crippen LogP contribution is 2.36. The summed E-state index contributed by atoms with van der Waals surface area (Å²) >= 11 is 9.71. The molecule has 2 aromatic rings. The molecular weight excluding hydrogens is 356 g/mol. The first kappa shape index (κ1) is 14.6. The second-order valence-corrected chi connectivity index (χ2v) is 6.19. The number of nitrogens with one attached hydrogen (secondary N) is 2. The van der Waals surface area contributed by atoms with Crippen molar-refractivity contribution >= 4 is 39.1 Å². The summed E-state index contributed by atoms with van der Waals surface area (Å²) < 4.78 is 2.54. The molecule has 1 aliphatic rings. The number of rotatable bonds is 4. The van der Waals surface area contributed by atoms with Gasteiger partial charge in [-0.05, 0) is 41.0 Å². The Hall–Kier alpha value is -1.37. The van der Waals surface area contributed by atoms with E-state index in [0.29, 0.717) is 5.02 Å². The average Bonchev–Trinajstić information content (AvgIpc) is 2.99. The number of amides is 1. The summed E-state index contributed by atoms with van der Waals surface area (Å²) in [6.45, 7) is 2.84. The minimum Gasteiger partial charge on any atom is -0.324 e. The van der Waals surface area contributed by atoms with Gasteiger partial charge in [0.1, 0.15) is 6.04 Å². The fourth-order valence-electron chi connectivity index (χ4n) is 2.37. The number of carbonyl (C=O) groups excluding carboxylic acids is 1. The third kappa shape index (κ3) is 2.71. The Kier molecular flexibility index (Phi) is 4.01. The number of hydrogen-bond acceptors (Lipinski definition) is 3. The van der Waals surface area contributed by atoms with Crippen molar-refractivity contribution in [2.24, 2.45) is 0 Å². The van der Waals surface area contributed by atoms with Gasteiger partial charge >= 0.3 is 0 Å². The van der Waals surface area contributed by atoms with Crippen LogP contribution in [0.15, 0.2) is 29.0 Å². The Morgan fingerprint density at radius 2 is 2.33 bits per heavy atom. The van der Waals surface area contributed by atoms with Crippen LogP contribution in [0.3, 0.4) is 0 Å². The minimum atomic E-state index is -0.337. The van der Waals surface area contributed by atoms with Crippen molar-refractivity contribution in [1.82, 2.24) is 15.1 Å². The smallest absolute Gasteiger partial charge is 0.246 e. The Labute approximate surface area is 135 Å². The molecule has 1 unspecified atom stereocenters. The molecule has 110 valence electrons. The van der Waals surface area contributed by atoms with Gasteiger partial charge in [-0.2, -0.15) is 5.10 Å². The third-order valence-corrected chi connectivity index (χ3v) is 4.06. The maximum Gasteiger partial charge on any atom is 0.246 e. The molecule has 0 fully saturated rings. The second kappa shape index (κ2) is 5.79. The number of carbonyl (C=O) groups is 1. The van der Waals surface area contributed by atoms with Gasteiger partial charge in [0.25, 0.3) is 0 Å². The number of benzene rings is 1. The SMILES string of the molecule is CCCNC1C(=O)Nc2cc(-n3cc(Br)cn3)c(Cl)cc21. The molecule has 0 aliphatic carbocycles. The highest BCUT2D eigenvalue weighted by molar-refractivity contribution is 9.10. The van der Waals surface area contributed by atoms with Crippen LogP contribution < -0.4 is 10.6 Å². The number of hydrogen-bond donors (Lipinski definition) is 2. The molecule has 7 heteroatoms. The van der Waals surface area contributed by atoms with Crippen LogP contribution in [0.2, 0.25) is 5.02 Å². The van der Waals surface area contributed by atoms with E-state index in [0.717, 1.165) is 34.4 Å². The quantitative estimate of drug-likeness (QED) is 0.869. The maximum absolute atomic E-state index is 12.1. The third-order valence-electron chi connectivity index (χ3n) is 3.35. The zero-order valence-electron chi connectivity index (χ0n) is 11.4. The van der Waals surface area contributed by atoms with Crippen LogP contribution in [-0.2, 0) is 4.79 Å². The molecule has 0 saturated carbocycles. The van der Waals surface area contributed by atoms with Crippen LogP contribution in [0.5, 0.6) is 0 Å². The van der Waals surface area contributed by atoms with E-state index >= 15 is 0 Å². The van der Waals surface area contributed by atoms with E-state index < -0.39 is 0 Å². The molecule has 0 saturated heterocycles. The van der Waals surface area contributed by atoms with Gasteiger partial charge in [-0.25, -0.2) is 4.68 Å². The molecule has 5 nitrogen and oxygen atoms in total. The van der Waals surface area contributed by atoms with Gasteiger partial charge < -0.3 is 10.6 Å². The summed E-state index contributed by atoms with van der Waals surface area (Å²) in [7, 11) is 0. The van der Waals surface area contributed by atoms with Gasteiger partial charge in [0, 0.05) is 17.4 Å². The fourth-order valence-corrected chi connectivity index (χ4v) is 2.91. The zero-order chi connectivity index (χ0) is 15.0. The maximum atomic E-state index is 12.1. The Morgan fingerprint density at radius 3 is 3.00 bits per heavy atom. The van der Waals surface area contributed by atoms with Crippen LogP contribution in [0, 0.1) is 0 Å². The first-order valence-corrected chi connectivity index (χ1v) is 7.85. The number of fused-ring (bicyclic) bond motifs is 1. The predicted octanol–water partition coefficient (Wildman–Crippen LogP) is 3.28. The van der Waals surface area contributed by atoms with E-state index in [4.69, 9.17) is 11.6 Å². The van der Waals surface area contributed by atoms with Crippen molar-refractivity contribution in [3.05, 3.63) is 39.6 Å². The second-order valence-electron chi connectivity index (χ2n) is 4.87. The average molecular weight is 370 g/mol. The number of halogens is 2. The number of aromatic nitrogens is 2. The van der Waals surface area contributed by atoms with Crippen LogP contribution in [0.4, 0.5) is 5.69 Å². The van der Waals surface area contributed by atoms with Crippen LogP contribution in [0.25, 0.3) is 5.69 Å². The van der Waals surface area contributed by atoms with Crippen molar-refractivity contribution in [2.75, 3.05) is 11.9 Å². The normalized spacial score (nSPS) is 16.9. The Bertz CT molecular complexity index is 700. The lowest BCUT2D eigenvalue weighted by molar-refractivity contribution is -0.117. The molecular formula is C14H14BrClN4O. The molecule has 1 aliphatic heterocycles. The zero-order valence-corrected chi connectivity index (χ0v) is 13.7. The Balaban J connectivity index is 1.99. The molecule has 1 atom stereocenters. The van der Waals surface area contributed by atoms with E-state index in [1.807, 2.05) is 18.3 Å². The van der Waals surface area contributed by atoms with E-state index in [1.54, 1.807) is 10.9 Å². The van der Waals surface area contributed by atoms with Crippen LogP contribution in [-0.4, -0.2) is 22.2 Å². The van der Waals surface area contributed by atoms with E-state index in [1.165, 1.54) is 0 Å². The summed E-state index contributed by atoms with van der Waals surface area (Å²) in [5.74, 6) is -0.0479. The summed E-state index contributed by atoms with van der Waals surface area (Å²) in [6.07, 6.45) is 4.47. The topological polar surface area (TPSA) is 59.0 Å². The van der Waals surface area contributed by atoms with Gasteiger partial charge in [0.2, 0.25) is 5.91 Å². The van der Waals surface area contributed by atoms with Crippen LogP contribution in [0.1, 0.15) is 24.9 Å². The molecule has 2 N–H and O–H groups in total. The molecule has 1 aromatic heterocycles. The summed E-state index contributed by atoms with van der Waals surface area (Å²) in [5.41, 5.74) is 2.39. The highest BCUT2D eigenvalue weighted by atomic mass is 79.9. The van der Waals surface area contributed by atoms with Gasteiger partial charge in [-0.15, -0.1) is 0 Å². The molecule has 3 rings (SSSR count). The fraction of sp³-hybridized carbons (Fsp3) is 0.286. The lowest BCUT2D eigenvalue weighted by atomic mass is 10.1. The highest BCUT2D eigenvalue weighted by Gasteiger charge is 2.31.